The minimum Gasteiger partial charge on any atom is -0.398 e. The molecular formula is C40H32N8. The van der Waals surface area contributed by atoms with Gasteiger partial charge in [0.1, 0.15) is 6.07 Å². The van der Waals surface area contributed by atoms with E-state index in [2.05, 4.69) is 29.6 Å². The molecule has 48 heavy (non-hydrogen) atoms. The molecule has 0 aromatic heterocycles. The third kappa shape index (κ3) is 5.63. The summed E-state index contributed by atoms with van der Waals surface area (Å²) in [6.07, 6.45) is 13.7. The highest BCUT2D eigenvalue weighted by molar-refractivity contribution is 6.29. The standard InChI is InChI=1S/C40H32N8/c1-4-7-26(22-44)40(47)34-18-33(37-16-25(21-43)12-13-48-37)29-10-8-27-31(35(45)14-23(5-2)19-41)17-32(36(46)15-24(6-3)20-42)28-9-11-30(34)39(29)38(27)28/h4-12,14-18,48H,13,45-47H2,1-3H3/b7-4-,23-5+,24-6+,35-14-,36-15-,40-26+. The number of dihydropyridines is 1. The second kappa shape index (κ2) is 13.6. The zero-order chi connectivity index (χ0) is 34.5. The lowest BCUT2D eigenvalue weighted by molar-refractivity contribution is 0.990. The van der Waals surface area contributed by atoms with Gasteiger partial charge in [-0.15, -0.1) is 0 Å². The van der Waals surface area contributed by atoms with Gasteiger partial charge in [-0.3, -0.25) is 0 Å². The molecular weight excluding hydrogens is 592 g/mol. The van der Waals surface area contributed by atoms with Crippen LogP contribution in [0.5, 0.6) is 0 Å². The van der Waals surface area contributed by atoms with Crippen LogP contribution in [-0.2, 0) is 0 Å². The van der Waals surface area contributed by atoms with Crippen molar-refractivity contribution < 1.29 is 0 Å². The average molecular weight is 625 g/mol. The summed E-state index contributed by atoms with van der Waals surface area (Å²) in [6, 6.07) is 20.6. The van der Waals surface area contributed by atoms with E-state index in [1.165, 1.54) is 0 Å². The van der Waals surface area contributed by atoms with Crippen molar-refractivity contribution in [2.24, 2.45) is 17.2 Å². The lowest BCUT2D eigenvalue weighted by Crippen LogP contribution is -2.17. The van der Waals surface area contributed by atoms with E-state index < -0.39 is 0 Å². The molecule has 8 heteroatoms. The van der Waals surface area contributed by atoms with Crippen molar-refractivity contribution in [3.63, 3.8) is 0 Å². The maximum atomic E-state index is 10.0. The van der Waals surface area contributed by atoms with Gasteiger partial charge in [0.15, 0.2) is 0 Å². The predicted octanol–water partition coefficient (Wildman–Crippen LogP) is 7.29. The molecule has 7 N–H and O–H groups in total. The summed E-state index contributed by atoms with van der Waals surface area (Å²) in [5, 5.41) is 47.5. The third-order valence-corrected chi connectivity index (χ3v) is 8.39. The highest BCUT2D eigenvalue weighted by Crippen LogP contribution is 2.44. The lowest BCUT2D eigenvalue weighted by Gasteiger charge is -2.23. The molecule has 0 unspecified atom stereocenters. The average Bonchev–Trinajstić information content (AvgIpc) is 3.12. The Bertz CT molecular complexity index is 2370. The fraction of sp³-hybridized carbons (Fsp3) is 0.100. The van der Waals surface area contributed by atoms with Crippen molar-refractivity contribution >= 4 is 55.1 Å². The Labute approximate surface area is 279 Å². The Hall–Kier alpha value is -7.00. The largest absolute Gasteiger partial charge is 0.398 e. The third-order valence-electron chi connectivity index (χ3n) is 8.39. The zero-order valence-corrected chi connectivity index (χ0v) is 26.8. The van der Waals surface area contributed by atoms with E-state index in [1.807, 2.05) is 49.4 Å². The molecule has 1 heterocycles. The quantitative estimate of drug-likeness (QED) is 0.0937. The van der Waals surface area contributed by atoms with Gasteiger partial charge in [0.05, 0.1) is 35.1 Å². The molecule has 5 rings (SSSR count). The summed E-state index contributed by atoms with van der Waals surface area (Å²) >= 11 is 0. The molecule has 4 aromatic carbocycles. The number of nitrogens with two attached hydrogens (primary N) is 3. The maximum Gasteiger partial charge on any atom is 0.101 e. The Morgan fingerprint density at radius 1 is 0.729 bits per heavy atom. The van der Waals surface area contributed by atoms with E-state index in [4.69, 9.17) is 17.2 Å². The molecule has 0 radical (unpaired) electrons. The number of benzene rings is 4. The van der Waals surface area contributed by atoms with E-state index in [0.29, 0.717) is 62.6 Å². The van der Waals surface area contributed by atoms with Crippen LogP contribution >= 0.6 is 0 Å². The summed E-state index contributed by atoms with van der Waals surface area (Å²) in [5.74, 6) is 0. The number of allylic oxidation sites excluding steroid dienone is 11. The number of nitrogens with one attached hydrogen (secondary N) is 1. The first kappa shape index (κ1) is 32.4. The lowest BCUT2D eigenvalue weighted by atomic mass is 9.83. The Morgan fingerprint density at radius 3 is 1.77 bits per heavy atom. The van der Waals surface area contributed by atoms with Crippen molar-refractivity contribution in [3.05, 3.63) is 130 Å². The van der Waals surface area contributed by atoms with Gasteiger partial charge in [0.2, 0.25) is 0 Å². The van der Waals surface area contributed by atoms with Gasteiger partial charge < -0.3 is 22.5 Å². The van der Waals surface area contributed by atoms with Crippen LogP contribution in [-0.4, -0.2) is 6.54 Å². The molecule has 8 nitrogen and oxygen atoms in total. The van der Waals surface area contributed by atoms with E-state index in [-0.39, 0.29) is 0 Å². The van der Waals surface area contributed by atoms with Crippen LogP contribution in [0.25, 0.3) is 55.1 Å². The molecule has 4 aromatic rings. The topological polar surface area (TPSA) is 185 Å². The molecule has 0 saturated carbocycles. The van der Waals surface area contributed by atoms with Gasteiger partial charge >= 0.3 is 0 Å². The smallest absolute Gasteiger partial charge is 0.101 e. The summed E-state index contributed by atoms with van der Waals surface area (Å²) < 4.78 is 0. The summed E-state index contributed by atoms with van der Waals surface area (Å²) in [7, 11) is 0. The van der Waals surface area contributed by atoms with Crippen LogP contribution in [0.15, 0.2) is 107 Å². The molecule has 1 aliphatic rings. The fourth-order valence-electron chi connectivity index (χ4n) is 6.05. The van der Waals surface area contributed by atoms with Crippen LogP contribution in [0, 0.1) is 45.3 Å². The van der Waals surface area contributed by atoms with Crippen molar-refractivity contribution in [1.82, 2.24) is 5.32 Å². The van der Waals surface area contributed by atoms with Crippen molar-refractivity contribution in [2.75, 3.05) is 6.54 Å². The summed E-state index contributed by atoms with van der Waals surface area (Å²) in [4.78, 5) is 0. The monoisotopic (exact) mass is 624 g/mol. The van der Waals surface area contributed by atoms with Gasteiger partial charge in [-0.1, -0.05) is 42.5 Å². The molecule has 0 aliphatic carbocycles. The molecule has 0 fully saturated rings. The van der Waals surface area contributed by atoms with Gasteiger partial charge in [-0.2, -0.15) is 21.0 Å². The van der Waals surface area contributed by atoms with Gasteiger partial charge in [-0.25, -0.2) is 0 Å². The highest BCUT2D eigenvalue weighted by Gasteiger charge is 2.23. The molecule has 0 amide bonds. The van der Waals surface area contributed by atoms with Crippen molar-refractivity contribution in [2.45, 2.75) is 20.8 Å². The van der Waals surface area contributed by atoms with Crippen molar-refractivity contribution in [1.29, 1.82) is 21.0 Å². The summed E-state index contributed by atoms with van der Waals surface area (Å²) in [6.45, 7) is 5.82. The van der Waals surface area contributed by atoms with E-state index in [0.717, 1.165) is 43.6 Å². The first-order valence-corrected chi connectivity index (χ1v) is 15.2. The minimum absolute atomic E-state index is 0.306. The predicted molar refractivity (Wildman–Crippen MR) is 194 cm³/mol. The van der Waals surface area contributed by atoms with Crippen LogP contribution in [0.4, 0.5) is 0 Å². The van der Waals surface area contributed by atoms with Gasteiger partial charge in [0.25, 0.3) is 0 Å². The van der Waals surface area contributed by atoms with E-state index >= 15 is 0 Å². The number of hydrogen-bond donors (Lipinski definition) is 4. The maximum absolute atomic E-state index is 10.0. The van der Waals surface area contributed by atoms with Crippen LogP contribution in [0.3, 0.4) is 0 Å². The summed E-state index contributed by atoms with van der Waals surface area (Å²) in [5.41, 5.74) is 26.4. The number of hydrogen-bond acceptors (Lipinski definition) is 8. The fourth-order valence-corrected chi connectivity index (χ4v) is 6.05. The van der Waals surface area contributed by atoms with E-state index in [9.17, 15) is 21.0 Å². The second-order valence-electron chi connectivity index (χ2n) is 11.1. The Morgan fingerprint density at radius 2 is 1.27 bits per heavy atom. The minimum atomic E-state index is 0.306. The molecule has 0 saturated heterocycles. The van der Waals surface area contributed by atoms with E-state index in [1.54, 1.807) is 56.4 Å². The molecule has 0 bridgehead atoms. The van der Waals surface area contributed by atoms with Crippen LogP contribution in [0.2, 0.25) is 0 Å². The second-order valence-corrected chi connectivity index (χ2v) is 11.1. The van der Waals surface area contributed by atoms with Crippen LogP contribution < -0.4 is 22.5 Å². The molecule has 1 aliphatic heterocycles. The number of nitrogens with zero attached hydrogens (tertiary/aromatic N) is 4. The highest BCUT2D eigenvalue weighted by atomic mass is 14.9. The van der Waals surface area contributed by atoms with Crippen molar-refractivity contribution in [3.8, 4) is 24.3 Å². The number of rotatable bonds is 7. The Balaban J connectivity index is 2.06. The first-order valence-electron chi connectivity index (χ1n) is 15.2. The Kier molecular flexibility index (Phi) is 9.15. The number of nitriles is 4. The van der Waals surface area contributed by atoms with Gasteiger partial charge in [0, 0.05) is 57.0 Å². The molecule has 0 spiro atoms. The molecule has 0 atom stereocenters. The zero-order valence-electron chi connectivity index (χ0n) is 26.8. The first-order chi connectivity index (χ1) is 23.2. The SMILES string of the molecule is C/C=C\C(C#N)=C(/N)c1cc(C2=CC(C#N)=CCN2)c2ccc3c(/C(N)=C/C(C#N)=C\C)cc(/C(N)=C/C(C#N)=C\C)c4ccc1c2c34. The van der Waals surface area contributed by atoms with Crippen LogP contribution in [0.1, 0.15) is 43.0 Å². The molecule has 232 valence electrons. The normalized spacial score (nSPS) is 15.0. The van der Waals surface area contributed by atoms with Gasteiger partial charge in [-0.05, 0) is 95.6 Å².